The third-order valence-electron chi connectivity index (χ3n) is 0.500. The van der Waals surface area contributed by atoms with Gasteiger partial charge >= 0.3 is 0 Å². The maximum Gasteiger partial charge on any atom is 0 e. The Morgan fingerprint density at radius 3 is 1.67 bits per heavy atom. The second-order valence-corrected chi connectivity index (χ2v) is 1.34. The monoisotopic (exact) mass is 206 g/mol. The molecule has 0 aromatic heterocycles. The first kappa shape index (κ1) is 16.3. The second-order valence-electron chi connectivity index (χ2n) is 1.34. The summed E-state index contributed by atoms with van der Waals surface area (Å²) in [5.41, 5.74) is 0. The van der Waals surface area contributed by atoms with Gasteiger partial charge in [-0.25, -0.2) is 0 Å². The SMILES string of the molecule is CN[C-](C)C.O=[C-]O.[Y]. The Morgan fingerprint density at radius 2 is 1.67 bits per heavy atom. The molecule has 0 aromatic carbocycles. The Balaban J connectivity index is -0.0000000800. The van der Waals surface area contributed by atoms with Crippen molar-refractivity contribution in [2.75, 3.05) is 7.05 Å². The maximum atomic E-state index is 8.24. The molecule has 0 saturated carbocycles. The van der Waals surface area contributed by atoms with E-state index in [1.165, 1.54) is 6.04 Å². The van der Waals surface area contributed by atoms with Crippen LogP contribution < -0.4 is 5.32 Å². The Bertz CT molecular complexity index is 50.2. The van der Waals surface area contributed by atoms with Crippen molar-refractivity contribution in [3.05, 3.63) is 6.04 Å². The van der Waals surface area contributed by atoms with Gasteiger partial charge in [0.25, 0.3) is 0 Å². The Morgan fingerprint density at radius 1 is 1.56 bits per heavy atom. The summed E-state index contributed by atoms with van der Waals surface area (Å²) >= 11 is 0. The van der Waals surface area contributed by atoms with Crippen molar-refractivity contribution in [2.24, 2.45) is 0 Å². The van der Waals surface area contributed by atoms with Crippen LogP contribution in [0.3, 0.4) is 0 Å². The predicted molar refractivity (Wildman–Crippen MR) is 32.0 cm³/mol. The summed E-state index contributed by atoms with van der Waals surface area (Å²) in [5, 5.41) is 9.71. The summed E-state index contributed by atoms with van der Waals surface area (Å²) in [4.78, 5) is 8.24. The van der Waals surface area contributed by atoms with E-state index in [0.717, 1.165) is 0 Å². The van der Waals surface area contributed by atoms with Gasteiger partial charge in [0.1, 0.15) is 0 Å². The van der Waals surface area contributed by atoms with Crippen LogP contribution in [0.2, 0.25) is 0 Å². The fourth-order valence-corrected chi connectivity index (χ4v) is 0. The quantitative estimate of drug-likeness (QED) is 0.610. The molecular weight excluding hydrogens is 195 g/mol. The van der Waals surface area contributed by atoms with Gasteiger partial charge in [0.2, 0.25) is 0 Å². The van der Waals surface area contributed by atoms with E-state index in [1.54, 1.807) is 0 Å². The summed E-state index contributed by atoms with van der Waals surface area (Å²) in [6, 6.07) is 1.25. The van der Waals surface area contributed by atoms with Crippen LogP contribution in [-0.2, 0) is 37.5 Å². The molecule has 4 heteroatoms. The molecule has 1 radical (unpaired) electrons. The van der Waals surface area contributed by atoms with Crippen LogP contribution in [-0.4, -0.2) is 18.6 Å². The summed E-state index contributed by atoms with van der Waals surface area (Å²) < 4.78 is 0. The molecule has 0 rings (SSSR count). The fraction of sp³-hybridized carbons (Fsp3) is 0.600. The number of hydrogen-bond acceptors (Lipinski definition) is 2. The van der Waals surface area contributed by atoms with Gasteiger partial charge in [0.15, 0.2) is 0 Å². The normalized spacial score (nSPS) is 6.67. The zero-order valence-electron chi connectivity index (χ0n) is 5.93. The van der Waals surface area contributed by atoms with Crippen molar-refractivity contribution in [3.63, 3.8) is 0 Å². The van der Waals surface area contributed by atoms with E-state index in [2.05, 4.69) is 5.32 Å². The second kappa shape index (κ2) is 15.8. The van der Waals surface area contributed by atoms with E-state index in [1.807, 2.05) is 20.9 Å². The molecule has 0 aliphatic heterocycles. The van der Waals surface area contributed by atoms with Crippen LogP contribution in [0.15, 0.2) is 0 Å². The van der Waals surface area contributed by atoms with Crippen LogP contribution in [0.5, 0.6) is 0 Å². The van der Waals surface area contributed by atoms with E-state index < -0.39 is 0 Å². The predicted octanol–water partition coefficient (Wildman–Crippen LogP) is 0.387. The van der Waals surface area contributed by atoms with E-state index in [9.17, 15) is 0 Å². The zero-order valence-corrected chi connectivity index (χ0v) is 8.77. The largest absolute Gasteiger partial charge is 0.665 e. The Kier molecular flexibility index (Phi) is 28.6. The number of hydrogen-bond donors (Lipinski definition) is 2. The average Bonchev–Trinajstić information content (AvgIpc) is 1.69. The van der Waals surface area contributed by atoms with E-state index in [0.29, 0.717) is 6.47 Å². The molecule has 2 N–H and O–H groups in total. The van der Waals surface area contributed by atoms with Gasteiger partial charge in [0, 0.05) is 32.7 Å². The van der Waals surface area contributed by atoms with Crippen LogP contribution in [0.25, 0.3) is 0 Å². The van der Waals surface area contributed by atoms with Gasteiger partial charge in [-0.05, 0) is 7.05 Å². The Hall–Kier alpha value is 0.534. The standard InChI is InChI=1S/C4H10N.CHO2.Y/c1-4(2)5-3;2-1-3;/h5H,1-3H3;(H,2,3);/q2*-1;. The van der Waals surface area contributed by atoms with Gasteiger partial charge in [0.05, 0.1) is 0 Å². The minimum atomic E-state index is 0. The van der Waals surface area contributed by atoms with E-state index >= 15 is 0 Å². The molecule has 0 aliphatic carbocycles. The molecule has 0 amide bonds. The number of aliphatic hydroxyl groups excluding tert-OH is 1. The van der Waals surface area contributed by atoms with Crippen molar-refractivity contribution < 1.29 is 42.6 Å². The third-order valence-corrected chi connectivity index (χ3v) is 0.500. The molecule has 0 saturated heterocycles. The molecule has 0 atom stereocenters. The van der Waals surface area contributed by atoms with Crippen LogP contribution in [0, 0.1) is 6.04 Å². The van der Waals surface area contributed by atoms with Gasteiger partial charge in [-0.3, -0.25) is 6.04 Å². The molecule has 53 valence electrons. The van der Waals surface area contributed by atoms with Crippen molar-refractivity contribution in [1.29, 1.82) is 0 Å². The molecule has 0 fully saturated rings. The molecule has 0 unspecified atom stereocenters. The minimum absolute atomic E-state index is 0. The molecular formula is C5H11NO2Y-2. The third kappa shape index (κ3) is 56.7. The molecule has 9 heavy (non-hydrogen) atoms. The fourth-order valence-electron chi connectivity index (χ4n) is 0. The van der Waals surface area contributed by atoms with Gasteiger partial charge in [-0.2, -0.15) is 13.8 Å². The maximum absolute atomic E-state index is 8.24. The number of nitrogens with one attached hydrogen (secondary N) is 1. The minimum Gasteiger partial charge on any atom is -0.665 e. The number of rotatable bonds is 1. The van der Waals surface area contributed by atoms with E-state index in [4.69, 9.17) is 9.90 Å². The smallest absolute Gasteiger partial charge is 0 e. The van der Waals surface area contributed by atoms with E-state index in [-0.39, 0.29) is 32.7 Å². The first-order valence-electron chi connectivity index (χ1n) is 2.18. The molecule has 3 nitrogen and oxygen atoms in total. The first-order valence-corrected chi connectivity index (χ1v) is 2.18. The van der Waals surface area contributed by atoms with Crippen LogP contribution in [0.4, 0.5) is 0 Å². The van der Waals surface area contributed by atoms with Crippen LogP contribution in [0.1, 0.15) is 13.8 Å². The van der Waals surface area contributed by atoms with Gasteiger partial charge in [-0.15, -0.1) is 0 Å². The molecule has 0 heterocycles. The van der Waals surface area contributed by atoms with Gasteiger partial charge < -0.3 is 15.2 Å². The summed E-state index contributed by atoms with van der Waals surface area (Å²) in [5.74, 6) is 0. The molecule has 0 bridgehead atoms. The average molecular weight is 206 g/mol. The summed E-state index contributed by atoms with van der Waals surface area (Å²) in [7, 11) is 1.91. The van der Waals surface area contributed by atoms with Crippen molar-refractivity contribution in [1.82, 2.24) is 5.32 Å². The van der Waals surface area contributed by atoms with Crippen molar-refractivity contribution in [2.45, 2.75) is 13.8 Å². The van der Waals surface area contributed by atoms with Gasteiger partial charge in [-0.1, -0.05) is 6.47 Å². The zero-order chi connectivity index (χ0) is 6.99. The first-order chi connectivity index (χ1) is 3.68. The molecule has 0 aliphatic rings. The van der Waals surface area contributed by atoms with Crippen LogP contribution >= 0.6 is 0 Å². The van der Waals surface area contributed by atoms with Crippen molar-refractivity contribution >= 4 is 6.47 Å². The summed E-state index contributed by atoms with van der Waals surface area (Å²) in [6.45, 7) is 4.56. The molecule has 0 aromatic rings. The molecule has 0 spiro atoms. The Labute approximate surface area is 81.1 Å². The topological polar surface area (TPSA) is 49.3 Å². The summed E-state index contributed by atoms with van der Waals surface area (Å²) in [6.07, 6.45) is 0. The van der Waals surface area contributed by atoms with Crippen molar-refractivity contribution in [3.8, 4) is 0 Å².